The number of rotatable bonds is 4. The highest BCUT2D eigenvalue weighted by atomic mass is 16.5. The monoisotopic (exact) mass is 350 g/mol. The van der Waals surface area contributed by atoms with Crippen molar-refractivity contribution in [2.75, 3.05) is 13.7 Å². The first kappa shape index (κ1) is 17.0. The van der Waals surface area contributed by atoms with Gasteiger partial charge in [-0.2, -0.15) is 0 Å². The summed E-state index contributed by atoms with van der Waals surface area (Å²) in [6, 6.07) is 18.8. The van der Waals surface area contributed by atoms with Gasteiger partial charge in [-0.3, -0.25) is 0 Å². The number of ether oxygens (including phenoxy) is 1. The summed E-state index contributed by atoms with van der Waals surface area (Å²) in [5, 5.41) is 3.09. The minimum Gasteiger partial charge on any atom is -0.496 e. The van der Waals surface area contributed by atoms with Gasteiger partial charge in [0, 0.05) is 12.1 Å². The Morgan fingerprint density at radius 1 is 1.08 bits per heavy atom. The molecule has 2 aromatic rings. The average Bonchev–Trinajstić information content (AvgIpc) is 2.99. The molecule has 4 rings (SSSR count). The Morgan fingerprint density at radius 3 is 2.50 bits per heavy atom. The van der Waals surface area contributed by atoms with Gasteiger partial charge in [0.25, 0.3) is 0 Å². The Hall–Kier alpha value is -2.49. The summed E-state index contributed by atoms with van der Waals surface area (Å²) in [6.07, 6.45) is 4.34. The normalized spacial score (nSPS) is 25.3. The van der Waals surface area contributed by atoms with Gasteiger partial charge in [0.2, 0.25) is 0 Å². The van der Waals surface area contributed by atoms with E-state index in [1.165, 1.54) is 5.56 Å². The molecule has 4 nitrogen and oxygen atoms in total. The zero-order chi connectivity index (χ0) is 18.0. The van der Waals surface area contributed by atoms with Crippen LogP contribution < -0.4 is 10.1 Å². The predicted octanol–water partition coefficient (Wildman–Crippen LogP) is 4.32. The highest BCUT2D eigenvalue weighted by Crippen LogP contribution is 2.43. The van der Waals surface area contributed by atoms with E-state index in [1.807, 2.05) is 29.2 Å². The molecular weight excluding hydrogens is 324 g/mol. The summed E-state index contributed by atoms with van der Waals surface area (Å²) >= 11 is 0. The number of urea groups is 1. The van der Waals surface area contributed by atoms with Crippen LogP contribution in [-0.4, -0.2) is 30.1 Å². The maximum absolute atomic E-state index is 12.6. The van der Waals surface area contributed by atoms with Crippen molar-refractivity contribution in [3.63, 3.8) is 0 Å². The first-order chi connectivity index (χ1) is 12.7. The van der Waals surface area contributed by atoms with Gasteiger partial charge in [0.15, 0.2) is 0 Å². The number of carbonyl (C=O) groups is 1. The van der Waals surface area contributed by atoms with Gasteiger partial charge in [0.1, 0.15) is 5.75 Å². The second-order valence-corrected chi connectivity index (χ2v) is 7.47. The van der Waals surface area contributed by atoms with Crippen molar-refractivity contribution in [2.45, 2.75) is 43.7 Å². The van der Waals surface area contributed by atoms with Gasteiger partial charge < -0.3 is 15.0 Å². The molecule has 0 aromatic heterocycles. The molecule has 1 saturated heterocycles. The van der Waals surface area contributed by atoms with E-state index in [1.54, 1.807) is 7.11 Å². The molecule has 0 bridgehead atoms. The van der Waals surface area contributed by atoms with E-state index in [-0.39, 0.29) is 11.6 Å². The zero-order valence-electron chi connectivity index (χ0n) is 15.3. The number of para-hydroxylation sites is 1. The molecule has 0 radical (unpaired) electrons. The average molecular weight is 350 g/mol. The molecule has 136 valence electrons. The molecule has 1 N–H and O–H groups in total. The predicted molar refractivity (Wildman–Crippen MR) is 102 cm³/mol. The quantitative estimate of drug-likeness (QED) is 0.892. The number of benzene rings is 2. The lowest BCUT2D eigenvalue weighted by molar-refractivity contribution is 0.106. The van der Waals surface area contributed by atoms with Gasteiger partial charge >= 0.3 is 6.03 Å². The van der Waals surface area contributed by atoms with Crippen LogP contribution in [0, 0.1) is 0 Å². The second-order valence-electron chi connectivity index (χ2n) is 7.47. The number of carbonyl (C=O) groups excluding carboxylic acids is 1. The number of hydrogen-bond acceptors (Lipinski definition) is 2. The molecule has 2 fully saturated rings. The number of amides is 2. The van der Waals surface area contributed by atoms with Crippen molar-refractivity contribution < 1.29 is 9.53 Å². The van der Waals surface area contributed by atoms with Crippen LogP contribution in [0.5, 0.6) is 5.75 Å². The summed E-state index contributed by atoms with van der Waals surface area (Å²) in [7, 11) is 1.68. The van der Waals surface area contributed by atoms with Crippen LogP contribution in [0.25, 0.3) is 0 Å². The van der Waals surface area contributed by atoms with Gasteiger partial charge in [-0.25, -0.2) is 4.79 Å². The van der Waals surface area contributed by atoms with Crippen LogP contribution in [0.3, 0.4) is 0 Å². The van der Waals surface area contributed by atoms with Crippen LogP contribution in [-0.2, 0) is 6.54 Å². The van der Waals surface area contributed by atoms with E-state index in [2.05, 4.69) is 35.6 Å². The van der Waals surface area contributed by atoms with Crippen molar-refractivity contribution in [2.24, 2.45) is 0 Å². The Balaban J connectivity index is 1.52. The van der Waals surface area contributed by atoms with Crippen molar-refractivity contribution in [3.05, 3.63) is 65.7 Å². The molecule has 0 unspecified atom stereocenters. The third kappa shape index (κ3) is 3.05. The highest BCUT2D eigenvalue weighted by Gasteiger charge is 2.47. The van der Waals surface area contributed by atoms with E-state index in [0.717, 1.165) is 43.5 Å². The first-order valence-electron chi connectivity index (χ1n) is 9.44. The molecule has 1 aliphatic carbocycles. The van der Waals surface area contributed by atoms with Crippen LogP contribution >= 0.6 is 0 Å². The van der Waals surface area contributed by atoms with Gasteiger partial charge in [-0.05, 0) is 43.2 Å². The van der Waals surface area contributed by atoms with Crippen LogP contribution in [0.4, 0.5) is 4.79 Å². The first-order valence-corrected chi connectivity index (χ1v) is 9.44. The molecule has 2 aromatic carbocycles. The maximum atomic E-state index is 12.6. The van der Waals surface area contributed by atoms with Crippen LogP contribution in [0.2, 0.25) is 0 Å². The molecular formula is C22H26N2O2. The number of methoxy groups -OCH3 is 1. The molecule has 1 spiro atoms. The number of nitrogens with one attached hydrogen (secondary N) is 1. The number of hydrogen-bond donors (Lipinski definition) is 1. The van der Waals surface area contributed by atoms with Gasteiger partial charge in [0.05, 0.1) is 19.2 Å². The fourth-order valence-corrected chi connectivity index (χ4v) is 4.55. The summed E-state index contributed by atoms with van der Waals surface area (Å²) in [5.41, 5.74) is 2.43. The highest BCUT2D eigenvalue weighted by molar-refractivity contribution is 5.78. The standard InChI is InChI=1S/C22H26N2O2/c1-26-20-10-6-5-9-19(20)15-24-21(25)23-16-22(24)13-11-18(12-14-22)17-7-3-2-4-8-17/h2-10,18H,11-16H2,1H3,(H,23,25). The SMILES string of the molecule is COc1ccccc1CN1C(=O)NCC12CCC(c1ccccc1)CC2. The van der Waals surface area contributed by atoms with Crippen molar-refractivity contribution in [3.8, 4) is 5.75 Å². The van der Waals surface area contributed by atoms with Crippen molar-refractivity contribution in [1.82, 2.24) is 10.2 Å². The number of nitrogens with zero attached hydrogens (tertiary/aromatic N) is 1. The molecule has 1 heterocycles. The Labute approximate surface area is 155 Å². The van der Waals surface area contributed by atoms with Gasteiger partial charge in [-0.15, -0.1) is 0 Å². The molecule has 1 saturated carbocycles. The summed E-state index contributed by atoms with van der Waals surface area (Å²) in [6.45, 7) is 1.36. The van der Waals surface area contributed by atoms with E-state index < -0.39 is 0 Å². The largest absolute Gasteiger partial charge is 0.496 e. The fourth-order valence-electron chi connectivity index (χ4n) is 4.55. The third-order valence-electron chi connectivity index (χ3n) is 6.09. The van der Waals surface area contributed by atoms with Crippen LogP contribution in [0.1, 0.15) is 42.7 Å². The minimum atomic E-state index is -0.0663. The maximum Gasteiger partial charge on any atom is 0.318 e. The summed E-state index contributed by atoms with van der Waals surface area (Å²) in [4.78, 5) is 14.6. The van der Waals surface area contributed by atoms with E-state index in [9.17, 15) is 4.79 Å². The zero-order valence-corrected chi connectivity index (χ0v) is 15.3. The second kappa shape index (κ2) is 7.02. The molecule has 2 aliphatic rings. The lowest BCUT2D eigenvalue weighted by atomic mass is 9.73. The molecule has 0 atom stereocenters. The fraction of sp³-hybridized carbons (Fsp3) is 0.409. The van der Waals surface area contributed by atoms with E-state index >= 15 is 0 Å². The van der Waals surface area contributed by atoms with Crippen molar-refractivity contribution >= 4 is 6.03 Å². The lowest BCUT2D eigenvalue weighted by Crippen LogP contribution is -2.48. The molecule has 26 heavy (non-hydrogen) atoms. The third-order valence-corrected chi connectivity index (χ3v) is 6.09. The van der Waals surface area contributed by atoms with Crippen molar-refractivity contribution in [1.29, 1.82) is 0 Å². The smallest absolute Gasteiger partial charge is 0.318 e. The Kier molecular flexibility index (Phi) is 4.58. The summed E-state index contributed by atoms with van der Waals surface area (Å²) in [5.74, 6) is 1.45. The Bertz CT molecular complexity index is 767. The minimum absolute atomic E-state index is 0.0501. The summed E-state index contributed by atoms with van der Waals surface area (Å²) < 4.78 is 5.48. The van der Waals surface area contributed by atoms with Crippen LogP contribution in [0.15, 0.2) is 54.6 Å². The Morgan fingerprint density at radius 2 is 1.77 bits per heavy atom. The van der Waals surface area contributed by atoms with E-state index in [4.69, 9.17) is 4.74 Å². The topological polar surface area (TPSA) is 41.6 Å². The van der Waals surface area contributed by atoms with E-state index in [0.29, 0.717) is 12.5 Å². The lowest BCUT2D eigenvalue weighted by Gasteiger charge is -2.42. The molecule has 2 amide bonds. The molecule has 4 heteroatoms. The molecule has 1 aliphatic heterocycles. The van der Waals surface area contributed by atoms with Gasteiger partial charge in [-0.1, -0.05) is 48.5 Å².